The number of aromatic carboxylic acids is 1. The van der Waals surface area contributed by atoms with Gasteiger partial charge in [0, 0.05) is 22.7 Å². The van der Waals surface area contributed by atoms with Gasteiger partial charge in [-0.2, -0.15) is 0 Å². The molecule has 5 heteroatoms. The van der Waals surface area contributed by atoms with Crippen molar-refractivity contribution < 1.29 is 9.90 Å². The third-order valence-corrected chi connectivity index (χ3v) is 3.59. The van der Waals surface area contributed by atoms with Crippen molar-refractivity contribution in [3.8, 4) is 0 Å². The van der Waals surface area contributed by atoms with Gasteiger partial charge in [0.1, 0.15) is 0 Å². The highest BCUT2D eigenvalue weighted by molar-refractivity contribution is 9.10. The summed E-state index contributed by atoms with van der Waals surface area (Å²) in [5.74, 6) is -0.914. The topological polar surface area (TPSA) is 52.6 Å². The van der Waals surface area contributed by atoms with Crippen molar-refractivity contribution in [2.24, 2.45) is 0 Å². The first-order chi connectivity index (χ1) is 8.91. The zero-order valence-corrected chi connectivity index (χ0v) is 13.2. The van der Waals surface area contributed by atoms with Crippen LogP contribution in [-0.4, -0.2) is 42.2 Å². The molecule has 0 radical (unpaired) electrons. The first-order valence-corrected chi connectivity index (χ1v) is 7.18. The number of rotatable bonds is 7. The molecular formula is C14H21BrN2O2. The molecule has 4 nitrogen and oxygen atoms in total. The molecular weight excluding hydrogens is 308 g/mol. The number of halogens is 1. The molecule has 0 aliphatic rings. The zero-order chi connectivity index (χ0) is 14.4. The summed E-state index contributed by atoms with van der Waals surface area (Å²) in [6, 6.07) is 5.78. The van der Waals surface area contributed by atoms with Crippen LogP contribution >= 0.6 is 15.9 Å². The molecule has 0 bridgehead atoms. The van der Waals surface area contributed by atoms with E-state index in [4.69, 9.17) is 5.11 Å². The van der Waals surface area contributed by atoms with E-state index < -0.39 is 5.97 Å². The Bertz CT molecular complexity index is 435. The fraction of sp³-hybridized carbons (Fsp3) is 0.500. The Labute approximate surface area is 122 Å². The first kappa shape index (κ1) is 16.0. The molecule has 0 saturated heterocycles. The Hall–Kier alpha value is -1.07. The summed E-state index contributed by atoms with van der Waals surface area (Å²) in [6.07, 6.45) is 0.976. The summed E-state index contributed by atoms with van der Waals surface area (Å²) in [6.45, 7) is 6.07. The van der Waals surface area contributed by atoms with Gasteiger partial charge < -0.3 is 15.3 Å². The van der Waals surface area contributed by atoms with Crippen molar-refractivity contribution in [3.63, 3.8) is 0 Å². The van der Waals surface area contributed by atoms with Gasteiger partial charge in [-0.1, -0.05) is 15.9 Å². The highest BCUT2D eigenvalue weighted by Crippen LogP contribution is 2.21. The van der Waals surface area contributed by atoms with Gasteiger partial charge in [0.25, 0.3) is 0 Å². The molecule has 19 heavy (non-hydrogen) atoms. The van der Waals surface area contributed by atoms with Gasteiger partial charge >= 0.3 is 5.97 Å². The van der Waals surface area contributed by atoms with Crippen LogP contribution in [0.2, 0.25) is 0 Å². The van der Waals surface area contributed by atoms with Crippen LogP contribution < -0.4 is 5.32 Å². The quantitative estimate of drug-likeness (QED) is 0.754. The maximum atomic E-state index is 11.1. The van der Waals surface area contributed by atoms with E-state index in [0.29, 0.717) is 17.3 Å². The SMILES string of the molecule is CC(C)N(C)CCCNc1ccc(Br)cc1C(=O)O. The van der Waals surface area contributed by atoms with E-state index in [0.717, 1.165) is 24.0 Å². The average Bonchev–Trinajstić information content (AvgIpc) is 2.35. The Morgan fingerprint density at radius 1 is 1.47 bits per heavy atom. The van der Waals surface area contributed by atoms with E-state index in [1.165, 1.54) is 0 Å². The minimum Gasteiger partial charge on any atom is -0.478 e. The molecule has 0 aliphatic carbocycles. The lowest BCUT2D eigenvalue weighted by molar-refractivity contribution is 0.0698. The van der Waals surface area contributed by atoms with Gasteiger partial charge in [-0.15, -0.1) is 0 Å². The zero-order valence-electron chi connectivity index (χ0n) is 11.6. The molecule has 0 heterocycles. The smallest absolute Gasteiger partial charge is 0.337 e. The van der Waals surface area contributed by atoms with Crippen LogP contribution in [0.4, 0.5) is 5.69 Å². The molecule has 0 aromatic heterocycles. The normalized spacial score (nSPS) is 11.1. The lowest BCUT2D eigenvalue weighted by atomic mass is 10.2. The van der Waals surface area contributed by atoms with E-state index in [2.05, 4.69) is 47.0 Å². The second-order valence-corrected chi connectivity index (χ2v) is 5.77. The van der Waals surface area contributed by atoms with Crippen molar-refractivity contribution in [2.45, 2.75) is 26.3 Å². The summed E-state index contributed by atoms with van der Waals surface area (Å²) >= 11 is 3.28. The van der Waals surface area contributed by atoms with Crippen molar-refractivity contribution in [2.75, 3.05) is 25.5 Å². The number of carboxylic acid groups (broad SMARTS) is 1. The predicted molar refractivity (Wildman–Crippen MR) is 82.0 cm³/mol. The third kappa shape index (κ3) is 5.20. The highest BCUT2D eigenvalue weighted by atomic mass is 79.9. The van der Waals surface area contributed by atoms with Crippen LogP contribution in [-0.2, 0) is 0 Å². The lowest BCUT2D eigenvalue weighted by Gasteiger charge is -2.21. The summed E-state index contributed by atoms with van der Waals surface area (Å²) in [5.41, 5.74) is 0.967. The summed E-state index contributed by atoms with van der Waals surface area (Å²) < 4.78 is 0.773. The van der Waals surface area contributed by atoms with Gasteiger partial charge in [0.2, 0.25) is 0 Å². The molecule has 1 rings (SSSR count). The van der Waals surface area contributed by atoms with Crippen molar-refractivity contribution in [1.82, 2.24) is 4.90 Å². The van der Waals surface area contributed by atoms with Crippen LogP contribution in [0, 0.1) is 0 Å². The summed E-state index contributed by atoms with van der Waals surface area (Å²) in [4.78, 5) is 13.4. The number of anilines is 1. The van der Waals surface area contributed by atoms with Gasteiger partial charge in [-0.3, -0.25) is 0 Å². The molecule has 0 spiro atoms. The van der Waals surface area contributed by atoms with Crippen molar-refractivity contribution >= 4 is 27.6 Å². The minimum atomic E-state index is -0.914. The highest BCUT2D eigenvalue weighted by Gasteiger charge is 2.10. The number of hydrogen-bond acceptors (Lipinski definition) is 3. The molecule has 1 aromatic rings. The van der Waals surface area contributed by atoms with E-state index >= 15 is 0 Å². The van der Waals surface area contributed by atoms with Crippen molar-refractivity contribution in [1.29, 1.82) is 0 Å². The molecule has 0 fully saturated rings. The molecule has 0 atom stereocenters. The maximum Gasteiger partial charge on any atom is 0.337 e. The molecule has 0 aliphatic heterocycles. The maximum absolute atomic E-state index is 11.1. The second kappa shape index (κ2) is 7.50. The number of carboxylic acids is 1. The van der Waals surface area contributed by atoms with Gasteiger partial charge in [-0.05, 0) is 52.1 Å². The van der Waals surface area contributed by atoms with Gasteiger partial charge in [0.15, 0.2) is 0 Å². The van der Waals surface area contributed by atoms with E-state index in [9.17, 15) is 4.79 Å². The van der Waals surface area contributed by atoms with Crippen molar-refractivity contribution in [3.05, 3.63) is 28.2 Å². The minimum absolute atomic E-state index is 0.298. The standard InChI is InChI=1S/C14H21BrN2O2/c1-10(2)17(3)8-4-7-16-13-6-5-11(15)9-12(13)14(18)19/h5-6,9-10,16H,4,7-8H2,1-3H3,(H,18,19). The lowest BCUT2D eigenvalue weighted by Crippen LogP contribution is -2.28. The monoisotopic (exact) mass is 328 g/mol. The van der Waals surface area contributed by atoms with Gasteiger partial charge in [0.05, 0.1) is 5.56 Å². The Kier molecular flexibility index (Phi) is 6.31. The average molecular weight is 329 g/mol. The van der Waals surface area contributed by atoms with Crippen LogP contribution in [0.3, 0.4) is 0 Å². The fourth-order valence-electron chi connectivity index (χ4n) is 1.66. The van der Waals surface area contributed by atoms with E-state index in [1.54, 1.807) is 12.1 Å². The molecule has 0 unspecified atom stereocenters. The van der Waals surface area contributed by atoms with E-state index in [1.807, 2.05) is 6.07 Å². The molecule has 2 N–H and O–H groups in total. The Morgan fingerprint density at radius 2 is 2.16 bits per heavy atom. The van der Waals surface area contributed by atoms with Crippen LogP contribution in [0.1, 0.15) is 30.6 Å². The Morgan fingerprint density at radius 3 is 2.74 bits per heavy atom. The van der Waals surface area contributed by atoms with Crippen LogP contribution in [0.5, 0.6) is 0 Å². The largest absolute Gasteiger partial charge is 0.478 e. The fourth-order valence-corrected chi connectivity index (χ4v) is 2.02. The van der Waals surface area contributed by atoms with Crippen LogP contribution in [0.25, 0.3) is 0 Å². The van der Waals surface area contributed by atoms with Gasteiger partial charge in [-0.25, -0.2) is 4.79 Å². The summed E-state index contributed by atoms with van der Waals surface area (Å²) in [7, 11) is 2.09. The summed E-state index contributed by atoms with van der Waals surface area (Å²) in [5, 5.41) is 12.3. The number of benzene rings is 1. The molecule has 0 saturated carbocycles. The first-order valence-electron chi connectivity index (χ1n) is 6.38. The molecule has 106 valence electrons. The molecule has 1 aromatic carbocycles. The second-order valence-electron chi connectivity index (χ2n) is 4.85. The van der Waals surface area contributed by atoms with Crippen LogP contribution in [0.15, 0.2) is 22.7 Å². The Balaban J connectivity index is 2.52. The molecule has 0 amide bonds. The third-order valence-electron chi connectivity index (χ3n) is 3.10. The number of nitrogens with zero attached hydrogens (tertiary/aromatic N) is 1. The number of carbonyl (C=O) groups is 1. The predicted octanol–water partition coefficient (Wildman–Crippen LogP) is 3.29. The number of hydrogen-bond donors (Lipinski definition) is 2. The number of nitrogens with one attached hydrogen (secondary N) is 1. The van der Waals surface area contributed by atoms with E-state index in [-0.39, 0.29) is 0 Å².